The first-order valence-corrected chi connectivity index (χ1v) is 18.1. The Kier molecular flexibility index (Phi) is 37.4. The third kappa shape index (κ3) is 36.9. The van der Waals surface area contributed by atoms with Crippen molar-refractivity contribution in [1.29, 1.82) is 0 Å². The Bertz CT molecular complexity index is 760. The topological polar surface area (TPSA) is 166 Å². The van der Waals surface area contributed by atoms with Crippen LogP contribution in [0.1, 0.15) is 142 Å². The molecular weight excluding hydrogens is 622 g/mol. The predicted octanol–water partition coefficient (Wildman–Crippen LogP) is 5.57. The van der Waals surface area contributed by atoms with Gasteiger partial charge in [0, 0.05) is 52.0 Å². The van der Waals surface area contributed by atoms with Crippen molar-refractivity contribution >= 4 is 37.1 Å². The SMILES string of the molecule is CCCCCCCCCCCCCC(=O)NCCCOCCOCCOCCCNC(=O)CCC(=O)CCCCC[C@H](N)C(=O)O.S. The van der Waals surface area contributed by atoms with Crippen molar-refractivity contribution in [3.05, 3.63) is 0 Å². The minimum absolute atomic E-state index is 0. The molecule has 0 radical (unpaired) electrons. The first kappa shape index (κ1) is 47.4. The molecule has 0 bridgehead atoms. The van der Waals surface area contributed by atoms with Gasteiger partial charge in [-0.05, 0) is 32.1 Å². The number of rotatable bonds is 36. The van der Waals surface area contributed by atoms with Gasteiger partial charge in [-0.25, -0.2) is 0 Å². The number of nitrogens with two attached hydrogens (primary N) is 1. The molecule has 0 aromatic carbocycles. The number of unbranched alkanes of at least 4 members (excludes halogenated alkanes) is 12. The van der Waals surface area contributed by atoms with E-state index in [0.717, 1.165) is 25.7 Å². The Balaban J connectivity index is 0. The zero-order valence-electron chi connectivity index (χ0n) is 29.5. The monoisotopic (exact) mass is 691 g/mol. The molecule has 0 fully saturated rings. The number of hydrogen-bond acceptors (Lipinski definition) is 8. The van der Waals surface area contributed by atoms with Gasteiger partial charge in [-0.3, -0.25) is 19.2 Å². The second kappa shape index (κ2) is 37.1. The fourth-order valence-corrected chi connectivity index (χ4v) is 4.84. The summed E-state index contributed by atoms with van der Waals surface area (Å²) in [5, 5.41) is 14.5. The number of carboxylic acids is 1. The maximum Gasteiger partial charge on any atom is 0.320 e. The van der Waals surface area contributed by atoms with Crippen LogP contribution in [0.15, 0.2) is 0 Å². The second-order valence-electron chi connectivity index (χ2n) is 12.1. The standard InChI is InChI=1S/C35H67N3O8.H2S/c1-2-3-4-5-6-7-8-9-10-11-15-20-33(40)37-23-16-25-44-27-29-46-30-28-45-26-17-24-38-34(41)22-21-31(39)18-13-12-14-19-32(36)35(42)43;/h32H,2-30,36H2,1H3,(H,37,40)(H,38,41)(H,42,43);1H2/t32-;/m0./s1. The van der Waals surface area contributed by atoms with E-state index in [1.165, 1.54) is 57.8 Å². The molecule has 0 rings (SSSR count). The summed E-state index contributed by atoms with van der Waals surface area (Å²) in [6.07, 6.45) is 19.5. The van der Waals surface area contributed by atoms with Crippen LogP contribution in [-0.2, 0) is 33.4 Å². The summed E-state index contributed by atoms with van der Waals surface area (Å²) in [4.78, 5) is 46.4. The zero-order valence-corrected chi connectivity index (χ0v) is 30.5. The van der Waals surface area contributed by atoms with Gasteiger partial charge in [0.1, 0.15) is 11.8 Å². The molecule has 0 saturated heterocycles. The van der Waals surface area contributed by atoms with E-state index in [1.807, 2.05) is 0 Å². The van der Waals surface area contributed by atoms with E-state index in [4.69, 9.17) is 25.1 Å². The Morgan fingerprint density at radius 3 is 1.49 bits per heavy atom. The predicted molar refractivity (Wildman–Crippen MR) is 192 cm³/mol. The number of carboxylic acid groups (broad SMARTS) is 1. The number of nitrogens with one attached hydrogen (secondary N) is 2. The molecule has 0 unspecified atom stereocenters. The van der Waals surface area contributed by atoms with Gasteiger partial charge < -0.3 is 35.7 Å². The molecule has 0 aliphatic heterocycles. The molecular formula is C35H69N3O8S. The Labute approximate surface area is 292 Å². The van der Waals surface area contributed by atoms with Gasteiger partial charge >= 0.3 is 5.97 Å². The van der Waals surface area contributed by atoms with Crippen LogP contribution in [0.2, 0.25) is 0 Å². The fraction of sp³-hybridized carbons (Fsp3) is 0.886. The molecule has 47 heavy (non-hydrogen) atoms. The average Bonchev–Trinajstić information content (AvgIpc) is 3.04. The summed E-state index contributed by atoms with van der Waals surface area (Å²) in [7, 11) is 0. The number of ketones is 1. The van der Waals surface area contributed by atoms with Crippen molar-refractivity contribution in [3.63, 3.8) is 0 Å². The van der Waals surface area contributed by atoms with Crippen LogP contribution in [0, 0.1) is 0 Å². The van der Waals surface area contributed by atoms with Crippen LogP contribution in [0.25, 0.3) is 0 Å². The quantitative estimate of drug-likeness (QED) is 0.0614. The molecule has 0 heterocycles. The normalized spacial score (nSPS) is 11.5. The molecule has 1 atom stereocenters. The van der Waals surface area contributed by atoms with Gasteiger partial charge in [-0.15, -0.1) is 0 Å². The third-order valence-corrected chi connectivity index (χ3v) is 7.75. The Morgan fingerprint density at radius 1 is 0.553 bits per heavy atom. The van der Waals surface area contributed by atoms with Crippen molar-refractivity contribution in [2.45, 2.75) is 148 Å². The number of hydrogen-bond donors (Lipinski definition) is 4. The molecule has 0 aromatic rings. The van der Waals surface area contributed by atoms with E-state index in [2.05, 4.69) is 17.6 Å². The van der Waals surface area contributed by atoms with Crippen molar-refractivity contribution in [3.8, 4) is 0 Å². The number of ether oxygens (including phenoxy) is 3. The summed E-state index contributed by atoms with van der Waals surface area (Å²) in [6, 6.07) is -0.846. The van der Waals surface area contributed by atoms with Crippen LogP contribution in [0.3, 0.4) is 0 Å². The van der Waals surface area contributed by atoms with E-state index in [-0.39, 0.29) is 43.9 Å². The minimum atomic E-state index is -1.00. The molecule has 0 aliphatic rings. The summed E-state index contributed by atoms with van der Waals surface area (Å²) in [5.41, 5.74) is 5.45. The van der Waals surface area contributed by atoms with E-state index < -0.39 is 12.0 Å². The van der Waals surface area contributed by atoms with Gasteiger partial charge in [-0.2, -0.15) is 13.5 Å². The number of carbonyl (C=O) groups excluding carboxylic acids is 3. The van der Waals surface area contributed by atoms with Gasteiger partial charge in [0.05, 0.1) is 26.4 Å². The minimum Gasteiger partial charge on any atom is -0.480 e. The third-order valence-electron chi connectivity index (χ3n) is 7.75. The highest BCUT2D eigenvalue weighted by Gasteiger charge is 2.11. The highest BCUT2D eigenvalue weighted by atomic mass is 32.1. The van der Waals surface area contributed by atoms with E-state index in [9.17, 15) is 19.2 Å². The molecule has 278 valence electrons. The lowest BCUT2D eigenvalue weighted by molar-refractivity contribution is -0.138. The lowest BCUT2D eigenvalue weighted by Gasteiger charge is -2.08. The van der Waals surface area contributed by atoms with E-state index in [0.29, 0.717) is 91.3 Å². The van der Waals surface area contributed by atoms with Crippen LogP contribution >= 0.6 is 13.5 Å². The van der Waals surface area contributed by atoms with Gasteiger partial charge in [0.15, 0.2) is 0 Å². The van der Waals surface area contributed by atoms with Gasteiger partial charge in [-0.1, -0.05) is 84.0 Å². The number of amides is 2. The maximum absolute atomic E-state index is 11.9. The first-order chi connectivity index (χ1) is 22.4. The van der Waals surface area contributed by atoms with Gasteiger partial charge in [0.25, 0.3) is 0 Å². The molecule has 0 spiro atoms. The van der Waals surface area contributed by atoms with Crippen LogP contribution in [0.4, 0.5) is 0 Å². The van der Waals surface area contributed by atoms with Crippen molar-refractivity contribution in [2.24, 2.45) is 5.73 Å². The highest BCUT2D eigenvalue weighted by molar-refractivity contribution is 7.59. The van der Waals surface area contributed by atoms with Crippen molar-refractivity contribution in [1.82, 2.24) is 10.6 Å². The van der Waals surface area contributed by atoms with E-state index >= 15 is 0 Å². The smallest absolute Gasteiger partial charge is 0.320 e. The van der Waals surface area contributed by atoms with Crippen LogP contribution < -0.4 is 16.4 Å². The van der Waals surface area contributed by atoms with E-state index in [1.54, 1.807) is 0 Å². The molecule has 0 aromatic heterocycles. The van der Waals surface area contributed by atoms with Crippen molar-refractivity contribution in [2.75, 3.05) is 52.7 Å². The molecule has 0 saturated carbocycles. The Morgan fingerprint density at radius 2 is 0.979 bits per heavy atom. The molecule has 11 nitrogen and oxygen atoms in total. The first-order valence-electron chi connectivity index (χ1n) is 18.1. The zero-order chi connectivity index (χ0) is 33.9. The average molecular weight is 692 g/mol. The summed E-state index contributed by atoms with van der Waals surface area (Å²) in [6.45, 7) is 6.41. The largest absolute Gasteiger partial charge is 0.480 e. The molecule has 2 amide bonds. The summed E-state index contributed by atoms with van der Waals surface area (Å²) >= 11 is 0. The lowest BCUT2D eigenvalue weighted by atomic mass is 10.0. The molecule has 12 heteroatoms. The number of carbonyl (C=O) groups is 4. The number of Topliss-reactive ketones (excluding diaryl/α,β-unsaturated/α-hetero) is 1. The number of aliphatic carboxylic acids is 1. The fourth-order valence-electron chi connectivity index (χ4n) is 4.84. The Hall–Kier alpha value is -1.73. The van der Waals surface area contributed by atoms with Crippen molar-refractivity contribution < 1.29 is 38.5 Å². The maximum atomic E-state index is 11.9. The molecule has 0 aliphatic carbocycles. The van der Waals surface area contributed by atoms with Crippen LogP contribution in [0.5, 0.6) is 0 Å². The highest BCUT2D eigenvalue weighted by Crippen LogP contribution is 2.12. The molecule has 5 N–H and O–H groups in total. The lowest BCUT2D eigenvalue weighted by Crippen LogP contribution is -2.29. The van der Waals surface area contributed by atoms with Gasteiger partial charge in [0.2, 0.25) is 11.8 Å². The van der Waals surface area contributed by atoms with Crippen LogP contribution in [-0.4, -0.2) is 87.4 Å². The summed E-state index contributed by atoms with van der Waals surface area (Å²) in [5.74, 6) is -0.975. The summed E-state index contributed by atoms with van der Waals surface area (Å²) < 4.78 is 16.5. The second-order valence-corrected chi connectivity index (χ2v) is 12.1.